The lowest BCUT2D eigenvalue weighted by atomic mass is 9.96. The predicted molar refractivity (Wildman–Crippen MR) is 41.8 cm³/mol. The van der Waals surface area contributed by atoms with Gasteiger partial charge in [0, 0.05) is 0 Å². The van der Waals surface area contributed by atoms with Crippen molar-refractivity contribution >= 4 is 0 Å². The van der Waals surface area contributed by atoms with Crippen LogP contribution in [0.2, 0.25) is 0 Å². The van der Waals surface area contributed by atoms with Gasteiger partial charge in [-0.15, -0.1) is 0 Å². The van der Waals surface area contributed by atoms with E-state index in [-0.39, 0.29) is 0 Å². The molecule has 0 radical (unpaired) electrons. The van der Waals surface area contributed by atoms with E-state index >= 15 is 0 Å². The molecule has 2 heteroatoms. The first-order valence-electron chi connectivity index (χ1n) is 4.31. The van der Waals surface area contributed by atoms with Gasteiger partial charge in [-0.25, -0.2) is 0 Å². The summed E-state index contributed by atoms with van der Waals surface area (Å²) in [4.78, 5) is 2.45. The number of nitrogens with zero attached hydrogens (tertiary/aromatic N) is 1. The third-order valence-corrected chi connectivity index (χ3v) is 2.88. The van der Waals surface area contributed by atoms with Crippen molar-refractivity contribution in [1.82, 2.24) is 10.2 Å². The molecule has 0 amide bonds. The molecule has 0 saturated carbocycles. The van der Waals surface area contributed by atoms with Gasteiger partial charge in [-0.2, -0.15) is 0 Å². The second kappa shape index (κ2) is 2.51. The van der Waals surface area contributed by atoms with Crippen LogP contribution in [0, 0.1) is 5.92 Å². The maximum atomic E-state index is 3.56. The van der Waals surface area contributed by atoms with E-state index in [4.69, 9.17) is 0 Å². The highest BCUT2D eigenvalue weighted by Crippen LogP contribution is 2.27. The van der Waals surface area contributed by atoms with Crippen LogP contribution in [0.3, 0.4) is 0 Å². The maximum absolute atomic E-state index is 3.56. The van der Waals surface area contributed by atoms with Crippen LogP contribution in [0.1, 0.15) is 19.3 Å². The first-order valence-corrected chi connectivity index (χ1v) is 4.31. The largest absolute Gasteiger partial charge is 0.302 e. The third kappa shape index (κ3) is 0.956. The molecule has 2 heterocycles. The Bertz CT molecular complexity index is 122. The fraction of sp³-hybridized carbons (Fsp3) is 1.00. The summed E-state index contributed by atoms with van der Waals surface area (Å²) in [6, 6.07) is 0. The zero-order valence-corrected chi connectivity index (χ0v) is 6.64. The van der Waals surface area contributed by atoms with Gasteiger partial charge in [0.2, 0.25) is 0 Å². The summed E-state index contributed by atoms with van der Waals surface area (Å²) in [7, 11) is 2.23. The molecule has 1 N–H and O–H groups in total. The first kappa shape index (κ1) is 6.62. The van der Waals surface area contributed by atoms with Crippen molar-refractivity contribution in [2.24, 2.45) is 5.92 Å². The lowest BCUT2D eigenvalue weighted by molar-refractivity contribution is 0.190. The summed E-state index contributed by atoms with van der Waals surface area (Å²) in [5.41, 5.74) is 0. The number of rotatable bonds is 0. The normalized spacial score (nSPS) is 41.7. The summed E-state index contributed by atoms with van der Waals surface area (Å²) in [5, 5.41) is 3.56. The van der Waals surface area contributed by atoms with E-state index < -0.39 is 0 Å². The van der Waals surface area contributed by atoms with Gasteiger partial charge in [0.05, 0.1) is 6.17 Å². The second-order valence-electron chi connectivity index (χ2n) is 3.57. The fourth-order valence-corrected chi connectivity index (χ4v) is 2.27. The summed E-state index contributed by atoms with van der Waals surface area (Å²) in [5.74, 6) is 0.957. The molecule has 2 aliphatic rings. The van der Waals surface area contributed by atoms with E-state index in [0.717, 1.165) is 5.92 Å². The van der Waals surface area contributed by atoms with Crippen LogP contribution in [-0.4, -0.2) is 31.2 Å². The number of nitrogens with one attached hydrogen (secondary N) is 1. The summed E-state index contributed by atoms with van der Waals surface area (Å²) < 4.78 is 0. The van der Waals surface area contributed by atoms with E-state index in [9.17, 15) is 0 Å². The molecule has 2 nitrogen and oxygen atoms in total. The van der Waals surface area contributed by atoms with E-state index in [2.05, 4.69) is 17.3 Å². The molecule has 0 aromatic carbocycles. The Morgan fingerprint density at radius 2 is 2.30 bits per heavy atom. The maximum Gasteiger partial charge on any atom is 0.0624 e. The van der Waals surface area contributed by atoms with Crippen molar-refractivity contribution in [1.29, 1.82) is 0 Å². The number of hydrogen-bond donors (Lipinski definition) is 1. The topological polar surface area (TPSA) is 15.3 Å². The van der Waals surface area contributed by atoms with Crippen molar-refractivity contribution < 1.29 is 0 Å². The van der Waals surface area contributed by atoms with Gasteiger partial charge in [-0.1, -0.05) is 0 Å². The van der Waals surface area contributed by atoms with Gasteiger partial charge < -0.3 is 5.32 Å². The van der Waals surface area contributed by atoms with Crippen LogP contribution in [0.25, 0.3) is 0 Å². The van der Waals surface area contributed by atoms with E-state index in [1.165, 1.54) is 32.4 Å². The Hall–Kier alpha value is -0.0800. The zero-order valence-electron chi connectivity index (χ0n) is 6.64. The molecule has 0 aliphatic carbocycles. The van der Waals surface area contributed by atoms with Gasteiger partial charge in [0.1, 0.15) is 0 Å². The Labute approximate surface area is 62.6 Å². The van der Waals surface area contributed by atoms with Crippen molar-refractivity contribution in [3.05, 3.63) is 0 Å². The summed E-state index contributed by atoms with van der Waals surface area (Å²) >= 11 is 0. The van der Waals surface area contributed by atoms with Crippen LogP contribution in [0.15, 0.2) is 0 Å². The number of piperidine rings is 1. The van der Waals surface area contributed by atoms with Crippen LogP contribution >= 0.6 is 0 Å². The van der Waals surface area contributed by atoms with Crippen LogP contribution < -0.4 is 5.32 Å². The molecule has 0 spiro atoms. The highest BCUT2D eigenvalue weighted by molar-refractivity contribution is 4.86. The highest BCUT2D eigenvalue weighted by Gasteiger charge is 2.32. The lowest BCUT2D eigenvalue weighted by Gasteiger charge is -2.30. The minimum atomic E-state index is 0.716. The van der Waals surface area contributed by atoms with Gasteiger partial charge in [-0.3, -0.25) is 4.90 Å². The zero-order chi connectivity index (χ0) is 6.97. The molecule has 2 aliphatic heterocycles. The number of fused-ring (bicyclic) bond motifs is 1. The molecule has 2 atom stereocenters. The Kier molecular flexibility index (Phi) is 1.66. The highest BCUT2D eigenvalue weighted by atomic mass is 15.3. The fourth-order valence-electron chi connectivity index (χ4n) is 2.27. The Morgan fingerprint density at radius 3 is 3.10 bits per heavy atom. The molecular weight excluding hydrogens is 124 g/mol. The minimum absolute atomic E-state index is 0.716. The standard InChI is InChI=1S/C8H16N2/c1-10-6-4-7-3-2-5-9-8(7)10/h7-9H,2-6H2,1H3/t7-,8+/m0/s1. The summed E-state index contributed by atoms with van der Waals surface area (Å²) in [6.45, 7) is 2.52. The molecule has 2 fully saturated rings. The molecule has 0 unspecified atom stereocenters. The van der Waals surface area contributed by atoms with Crippen molar-refractivity contribution in [3.63, 3.8) is 0 Å². The lowest BCUT2D eigenvalue weighted by Crippen LogP contribution is -2.46. The molecule has 2 rings (SSSR count). The quantitative estimate of drug-likeness (QED) is 0.531. The second-order valence-corrected chi connectivity index (χ2v) is 3.57. The van der Waals surface area contributed by atoms with E-state index in [0.29, 0.717) is 6.17 Å². The monoisotopic (exact) mass is 140 g/mol. The van der Waals surface area contributed by atoms with Crippen LogP contribution in [0.4, 0.5) is 0 Å². The number of hydrogen-bond acceptors (Lipinski definition) is 2. The average Bonchev–Trinajstić information content (AvgIpc) is 2.34. The van der Waals surface area contributed by atoms with Crippen molar-refractivity contribution in [3.8, 4) is 0 Å². The van der Waals surface area contributed by atoms with Crippen LogP contribution in [-0.2, 0) is 0 Å². The predicted octanol–water partition coefficient (Wildman–Crippen LogP) is 0.648. The van der Waals surface area contributed by atoms with Gasteiger partial charge in [0.15, 0.2) is 0 Å². The minimum Gasteiger partial charge on any atom is -0.302 e. The Balaban J connectivity index is 2.01. The molecule has 0 bridgehead atoms. The SMILES string of the molecule is CN1CC[C@@H]2CCCN[C@@H]21. The van der Waals surface area contributed by atoms with E-state index in [1.54, 1.807) is 0 Å². The van der Waals surface area contributed by atoms with Gasteiger partial charge in [0.25, 0.3) is 0 Å². The van der Waals surface area contributed by atoms with Crippen molar-refractivity contribution in [2.75, 3.05) is 20.1 Å². The summed E-state index contributed by atoms with van der Waals surface area (Å²) in [6.07, 6.45) is 4.96. The molecule has 2 saturated heterocycles. The third-order valence-electron chi connectivity index (χ3n) is 2.88. The Morgan fingerprint density at radius 1 is 1.40 bits per heavy atom. The van der Waals surface area contributed by atoms with Gasteiger partial charge >= 0.3 is 0 Å². The molecular formula is C8H16N2. The van der Waals surface area contributed by atoms with Crippen LogP contribution in [0.5, 0.6) is 0 Å². The number of likely N-dealkylation sites (tertiary alicyclic amines) is 1. The average molecular weight is 140 g/mol. The first-order chi connectivity index (χ1) is 4.88. The van der Waals surface area contributed by atoms with Gasteiger partial charge in [-0.05, 0) is 45.3 Å². The molecule has 10 heavy (non-hydrogen) atoms. The van der Waals surface area contributed by atoms with Crippen molar-refractivity contribution in [2.45, 2.75) is 25.4 Å². The van der Waals surface area contributed by atoms with E-state index in [1.807, 2.05) is 0 Å². The molecule has 0 aromatic heterocycles. The molecule has 0 aromatic rings. The smallest absolute Gasteiger partial charge is 0.0624 e. The molecule has 58 valence electrons.